The molecule has 182 valence electrons. The zero-order valence-electron chi connectivity index (χ0n) is 29.3. The van der Waals surface area contributed by atoms with Crippen LogP contribution >= 0.6 is 0 Å². The molecule has 0 bridgehead atoms. The molecule has 0 fully saturated rings. The number of nitrogens with zero attached hydrogens (tertiary/aromatic N) is 2. The van der Waals surface area contributed by atoms with Gasteiger partial charge in [-0.3, -0.25) is 4.98 Å². The van der Waals surface area contributed by atoms with E-state index in [1.165, 1.54) is 0 Å². The van der Waals surface area contributed by atoms with Crippen LogP contribution in [0.2, 0.25) is 0 Å². The lowest BCUT2D eigenvalue weighted by molar-refractivity contribution is 0.598. The summed E-state index contributed by atoms with van der Waals surface area (Å²) in [7, 11) is 0. The molecule has 0 saturated heterocycles. The molecule has 0 spiro atoms. The lowest BCUT2D eigenvalue weighted by Crippen LogP contribution is -1.90. The molecule has 0 atom stereocenters. The maximum Gasteiger partial charge on any atom is 0.135 e. The fourth-order valence-electron chi connectivity index (χ4n) is 5.08. The van der Waals surface area contributed by atoms with Crippen molar-refractivity contribution in [2.24, 2.45) is 0 Å². The minimum absolute atomic E-state index is 0.0225. The predicted molar refractivity (Wildman–Crippen MR) is 161 cm³/mol. The number of hydrogen-bond donors (Lipinski definition) is 0. The fourth-order valence-corrected chi connectivity index (χ4v) is 5.08. The second kappa shape index (κ2) is 8.64. The summed E-state index contributed by atoms with van der Waals surface area (Å²) >= 11 is 0. The summed E-state index contributed by atoms with van der Waals surface area (Å²) in [4.78, 5) is 9.58. The van der Waals surface area contributed by atoms with Gasteiger partial charge in [0, 0.05) is 33.7 Å². The zero-order chi connectivity index (χ0) is 33.6. The first-order valence-corrected chi connectivity index (χ1v) is 12.4. The minimum Gasteiger partial charge on any atom is -0.456 e. The van der Waals surface area contributed by atoms with Crippen molar-refractivity contribution >= 4 is 43.4 Å². The lowest BCUT2D eigenvalue weighted by Gasteiger charge is -2.11. The maximum absolute atomic E-state index is 8.91. The number of aromatic nitrogens is 2. The Morgan fingerprint density at radius 3 is 2.13 bits per heavy atom. The van der Waals surface area contributed by atoms with Crippen LogP contribution in [-0.2, 0) is 0 Å². The molecule has 39 heavy (non-hydrogen) atoms. The largest absolute Gasteiger partial charge is 0.456 e. The first kappa shape index (κ1) is 14.6. The summed E-state index contributed by atoms with van der Waals surface area (Å²) in [5.41, 5.74) is 3.37. The van der Waals surface area contributed by atoms with Crippen LogP contribution in [0.4, 0.5) is 0 Å². The van der Waals surface area contributed by atoms with E-state index in [1.807, 2.05) is 66.7 Å². The molecule has 0 aliphatic carbocycles. The molecule has 0 unspecified atom stereocenters. The third-order valence-electron chi connectivity index (χ3n) is 6.91. The van der Waals surface area contributed by atoms with Crippen molar-refractivity contribution in [1.82, 2.24) is 9.97 Å². The topological polar surface area (TPSA) is 38.9 Å². The predicted octanol–water partition coefficient (Wildman–Crippen LogP) is 9.68. The van der Waals surface area contributed by atoms with Crippen molar-refractivity contribution in [2.75, 3.05) is 0 Å². The first-order chi connectivity index (χ1) is 23.1. The van der Waals surface area contributed by atoms with Gasteiger partial charge in [0.05, 0.1) is 29.1 Å². The molecule has 0 radical (unpaired) electrons. The Kier molecular flexibility index (Phi) is 3.24. The van der Waals surface area contributed by atoms with E-state index in [-0.39, 0.29) is 33.9 Å². The fraction of sp³-hybridized carbons (Fsp3) is 0. The quantitative estimate of drug-likeness (QED) is 0.223. The highest BCUT2D eigenvalue weighted by Gasteiger charge is 2.15. The average Bonchev–Trinajstić information content (AvgIpc) is 3.40. The SMILES string of the molecule is [2H]c1c(-c2ccc(-c3ccc4ccc5cccnc5c4n3)c3ccccc23)oc(-c2c([2H])c([2H])c([2H])c3c([2H])c([2H])c([2H])c([2H])c23)c1[2H]. The molecular formula is C36H22N2O. The van der Waals surface area contributed by atoms with E-state index in [0.717, 1.165) is 32.8 Å². The van der Waals surface area contributed by atoms with Crippen LogP contribution in [0.15, 0.2) is 138 Å². The zero-order valence-corrected chi connectivity index (χ0v) is 20.3. The van der Waals surface area contributed by atoms with Crippen LogP contribution < -0.4 is 0 Å². The maximum atomic E-state index is 8.91. The Bertz CT molecular complexity index is 2680. The molecule has 5 aromatic carbocycles. The summed E-state index contributed by atoms with van der Waals surface area (Å²) < 4.78 is 82.9. The van der Waals surface area contributed by atoms with Crippen molar-refractivity contribution in [1.29, 1.82) is 0 Å². The van der Waals surface area contributed by atoms with Crippen LogP contribution in [0.3, 0.4) is 0 Å². The van der Waals surface area contributed by atoms with Gasteiger partial charge in [-0.1, -0.05) is 96.9 Å². The van der Waals surface area contributed by atoms with Crippen molar-refractivity contribution in [3.05, 3.63) is 133 Å². The van der Waals surface area contributed by atoms with Gasteiger partial charge in [-0.25, -0.2) is 4.98 Å². The summed E-state index contributed by atoms with van der Waals surface area (Å²) in [6, 6.07) is 18.5. The molecule has 3 nitrogen and oxygen atoms in total. The summed E-state index contributed by atoms with van der Waals surface area (Å²) in [6.45, 7) is 0. The number of rotatable bonds is 3. The first-order valence-electron chi connectivity index (χ1n) is 16.9. The van der Waals surface area contributed by atoms with Crippen LogP contribution in [-0.4, -0.2) is 9.97 Å². The van der Waals surface area contributed by atoms with Crippen molar-refractivity contribution in [2.45, 2.75) is 0 Å². The van der Waals surface area contributed by atoms with Crippen LogP contribution in [0.5, 0.6) is 0 Å². The highest BCUT2D eigenvalue weighted by Crippen LogP contribution is 2.39. The van der Waals surface area contributed by atoms with E-state index in [2.05, 4.69) is 4.98 Å². The van der Waals surface area contributed by atoms with Gasteiger partial charge >= 0.3 is 0 Å². The standard InChI is InChI=1S/C36H22N2O/c1-2-10-26-23(7-1)8-5-13-30(26)33-20-21-34(39-33)31-18-17-29(27-11-3-4-12-28(27)31)32-19-16-25-15-14-24-9-6-22-37-35(24)36(25)38-32/h1-22H/i1D,2D,5D,7D,8D,10D,13D,20D,21D. The minimum atomic E-state index is -0.581. The van der Waals surface area contributed by atoms with Gasteiger partial charge in [0.1, 0.15) is 11.5 Å². The van der Waals surface area contributed by atoms with E-state index < -0.39 is 48.3 Å². The molecule has 8 rings (SSSR count). The Hall–Kier alpha value is -5.28. The number of pyridine rings is 2. The molecule has 3 heterocycles. The number of fused-ring (bicyclic) bond motifs is 5. The monoisotopic (exact) mass is 507 g/mol. The van der Waals surface area contributed by atoms with Crippen LogP contribution in [0.1, 0.15) is 12.3 Å². The third-order valence-corrected chi connectivity index (χ3v) is 6.91. The van der Waals surface area contributed by atoms with E-state index in [1.54, 1.807) is 12.3 Å². The van der Waals surface area contributed by atoms with Gasteiger partial charge in [-0.05, 0) is 51.8 Å². The molecule has 0 aliphatic heterocycles. The normalized spacial score (nSPS) is 14.8. The van der Waals surface area contributed by atoms with E-state index in [0.29, 0.717) is 16.6 Å². The molecule has 0 N–H and O–H groups in total. The van der Waals surface area contributed by atoms with Crippen LogP contribution in [0, 0.1) is 0 Å². The Morgan fingerprint density at radius 2 is 1.23 bits per heavy atom. The Balaban J connectivity index is 1.36. The third kappa shape index (κ3) is 3.52. The van der Waals surface area contributed by atoms with Gasteiger partial charge < -0.3 is 4.42 Å². The van der Waals surface area contributed by atoms with E-state index in [4.69, 9.17) is 21.7 Å². The van der Waals surface area contributed by atoms with Gasteiger partial charge in [0.15, 0.2) is 0 Å². The average molecular weight is 508 g/mol. The number of hydrogen-bond acceptors (Lipinski definition) is 3. The molecular weight excluding hydrogens is 476 g/mol. The van der Waals surface area contributed by atoms with Gasteiger partial charge in [0.25, 0.3) is 0 Å². The van der Waals surface area contributed by atoms with Crippen LogP contribution in [0.25, 0.3) is 77.3 Å². The number of benzene rings is 5. The van der Waals surface area contributed by atoms with Crippen molar-refractivity contribution in [3.8, 4) is 33.9 Å². The Morgan fingerprint density at radius 1 is 0.513 bits per heavy atom. The van der Waals surface area contributed by atoms with E-state index >= 15 is 0 Å². The molecule has 8 aromatic rings. The second-order valence-electron chi connectivity index (χ2n) is 9.13. The molecule has 0 saturated carbocycles. The second-order valence-corrected chi connectivity index (χ2v) is 9.13. The highest BCUT2D eigenvalue weighted by molar-refractivity contribution is 6.07. The summed E-state index contributed by atoms with van der Waals surface area (Å²) in [5.74, 6) is -0.262. The Labute approximate surface area is 237 Å². The van der Waals surface area contributed by atoms with E-state index in [9.17, 15) is 0 Å². The summed E-state index contributed by atoms with van der Waals surface area (Å²) in [5, 5.41) is 3.00. The molecule has 0 amide bonds. The lowest BCUT2D eigenvalue weighted by atomic mass is 9.96. The molecule has 3 heteroatoms. The van der Waals surface area contributed by atoms with Gasteiger partial charge in [0.2, 0.25) is 0 Å². The van der Waals surface area contributed by atoms with Crippen molar-refractivity contribution in [3.63, 3.8) is 0 Å². The van der Waals surface area contributed by atoms with Crippen molar-refractivity contribution < 1.29 is 16.8 Å². The van der Waals surface area contributed by atoms with Gasteiger partial charge in [-0.2, -0.15) is 0 Å². The molecule has 0 aliphatic rings. The molecule has 3 aromatic heterocycles. The van der Waals surface area contributed by atoms with Gasteiger partial charge in [-0.15, -0.1) is 0 Å². The smallest absolute Gasteiger partial charge is 0.135 e. The summed E-state index contributed by atoms with van der Waals surface area (Å²) in [6.07, 6.45) is 1.74. The number of furan rings is 1. The highest BCUT2D eigenvalue weighted by atomic mass is 16.3.